The number of benzene rings is 12. The third kappa shape index (κ3) is 39.7. The standard InChI is InChI=1S/C36H30N12O8.4C16H16N2O2.4Cr/c49-27(50)19-1-9-23(10-2-19)39-33-43-31(44-34(47-33)40-24-11-3-20(4-12-24)28(51)52)37-17-18-38-32-45-35(41-25-13-5-21(6-14-25)29(53)54)48-36(46-32)42-26-15-7-22(8-16-26)30(55)56;4*19-15-7-3-1-5-13(15)11-17-9-10-18-12-14-6-2-4-8-16(14)20;;;;/h1-16H,17-18H2,(H,49,50)(H,51,52)(H,53,54)(H,55,56)(H3,37,39,40,43,44,47)(H3,38,41,42,45,46,48);4*1-8,11-12,19-20H,9-10H2;;;;. The van der Waals surface area contributed by atoms with Gasteiger partial charge < -0.3 is 93.2 Å². The number of aromatic hydroxyl groups is 8. The topological polar surface area (TPSA) is 559 Å². The number of rotatable bonds is 37. The molecule has 18 N–H and O–H groups in total. The number of aromatic carboxylic acids is 4. The molecule has 0 aliphatic carbocycles. The van der Waals surface area contributed by atoms with Crippen LogP contribution >= 0.6 is 0 Å². The number of phenolic OH excluding ortho intramolecular Hbond substituents is 8. The summed E-state index contributed by atoms with van der Waals surface area (Å²) in [6, 6.07) is 80.1. The second-order valence-corrected chi connectivity index (χ2v) is 28.2. The fourth-order valence-electron chi connectivity index (χ4n) is 11.3. The summed E-state index contributed by atoms with van der Waals surface area (Å²) < 4.78 is 0. The first kappa shape index (κ1) is 112. The number of hydrogen-bond donors (Lipinski definition) is 18. The number of carboxylic acids is 4. The molecule has 0 fully saturated rings. The van der Waals surface area contributed by atoms with Crippen molar-refractivity contribution in [3.8, 4) is 46.0 Å². The molecule has 0 aliphatic heterocycles. The van der Waals surface area contributed by atoms with Gasteiger partial charge in [-0.05, 0) is 194 Å². The Labute approximate surface area is 847 Å². The van der Waals surface area contributed by atoms with Crippen LogP contribution in [0.2, 0.25) is 0 Å². The number of para-hydroxylation sites is 8. The molecule has 0 spiro atoms. The van der Waals surface area contributed by atoms with Gasteiger partial charge in [0.2, 0.25) is 35.7 Å². The molecule has 12 aromatic carbocycles. The summed E-state index contributed by atoms with van der Waals surface area (Å²) in [5.41, 5.74) is 7.95. The average Bonchev–Trinajstić information content (AvgIpc) is 0.836. The van der Waals surface area contributed by atoms with Crippen molar-refractivity contribution in [2.75, 3.05) is 97.3 Å². The van der Waals surface area contributed by atoms with E-state index in [0.29, 0.717) is 120 Å². The molecule has 0 unspecified atom stereocenters. The maximum absolute atomic E-state index is 11.3. The van der Waals surface area contributed by atoms with Crippen molar-refractivity contribution < 1.29 is 150 Å². The van der Waals surface area contributed by atoms with Gasteiger partial charge in [0.15, 0.2) is 0 Å². The van der Waals surface area contributed by atoms with E-state index < -0.39 is 23.9 Å². The predicted octanol–water partition coefficient (Wildman–Crippen LogP) is 15.9. The van der Waals surface area contributed by atoms with Crippen LogP contribution < -0.4 is 31.9 Å². The van der Waals surface area contributed by atoms with Crippen LogP contribution in [0.5, 0.6) is 46.0 Å². The molecule has 36 nitrogen and oxygen atoms in total. The molecular formula is C100H94Cr4N20O16. The van der Waals surface area contributed by atoms with Crippen molar-refractivity contribution >= 4 is 132 Å². The Hall–Kier alpha value is -16.8. The molecule has 2 heterocycles. The number of carbonyl (C=O) groups is 4. The van der Waals surface area contributed by atoms with Gasteiger partial charge in [-0.3, -0.25) is 39.9 Å². The molecule has 0 saturated heterocycles. The van der Waals surface area contributed by atoms with E-state index in [4.69, 9.17) is 0 Å². The molecule has 0 radical (unpaired) electrons. The van der Waals surface area contributed by atoms with Crippen LogP contribution in [-0.2, 0) is 69.4 Å². The summed E-state index contributed by atoms with van der Waals surface area (Å²) in [5, 5.41) is 132. The van der Waals surface area contributed by atoms with E-state index in [9.17, 15) is 80.5 Å². The molecular weight excluding hydrogens is 1950 g/mol. The zero-order valence-corrected chi connectivity index (χ0v) is 79.4. The van der Waals surface area contributed by atoms with E-state index in [1.807, 2.05) is 48.5 Å². The Bertz CT molecular complexity index is 5560. The van der Waals surface area contributed by atoms with Gasteiger partial charge in [-0.2, -0.15) is 29.9 Å². The smallest absolute Gasteiger partial charge is 0.335 e. The fraction of sp³-hybridized carbons (Fsp3) is 0.100. The molecule has 0 amide bonds. The third-order valence-electron chi connectivity index (χ3n) is 18.3. The summed E-state index contributed by atoms with van der Waals surface area (Å²) in [7, 11) is 0. The molecule has 14 rings (SSSR count). The Morgan fingerprint density at radius 3 is 0.479 bits per heavy atom. The van der Waals surface area contributed by atoms with Gasteiger partial charge in [0, 0.05) is 200 Å². The summed E-state index contributed by atoms with van der Waals surface area (Å²) in [4.78, 5) is 105. The molecule has 0 saturated carbocycles. The molecule has 0 bridgehead atoms. The minimum Gasteiger partial charge on any atom is -0.507 e. The van der Waals surface area contributed by atoms with Gasteiger partial charge in [-0.15, -0.1) is 0 Å². The van der Waals surface area contributed by atoms with Crippen molar-refractivity contribution in [3.63, 3.8) is 0 Å². The summed E-state index contributed by atoms with van der Waals surface area (Å²) in [5.74, 6) is -1.83. The van der Waals surface area contributed by atoms with Crippen molar-refractivity contribution in [1.29, 1.82) is 0 Å². The van der Waals surface area contributed by atoms with Gasteiger partial charge in [-0.25, -0.2) is 19.2 Å². The number of carboxylic acid groups (broad SMARTS) is 4. The minimum absolute atomic E-state index is 0. The molecule has 140 heavy (non-hydrogen) atoms. The Kier molecular flexibility index (Phi) is 49.0. The number of hydrogen-bond acceptors (Lipinski definition) is 32. The fourth-order valence-corrected chi connectivity index (χ4v) is 11.3. The first-order chi connectivity index (χ1) is 66.0. The summed E-state index contributed by atoms with van der Waals surface area (Å²) in [6.07, 6.45) is 13.0. The monoisotopic (exact) mass is 2040 g/mol. The van der Waals surface area contributed by atoms with Gasteiger partial charge in [0.25, 0.3) is 0 Å². The van der Waals surface area contributed by atoms with Crippen molar-refractivity contribution in [2.24, 2.45) is 39.9 Å². The van der Waals surface area contributed by atoms with E-state index >= 15 is 0 Å². The molecule has 40 heteroatoms. The molecule has 0 aliphatic rings. The normalized spacial score (nSPS) is 10.7. The number of aromatic nitrogens is 6. The van der Waals surface area contributed by atoms with Crippen LogP contribution in [-0.4, -0.2) is 230 Å². The molecule has 714 valence electrons. The maximum Gasteiger partial charge on any atom is 0.335 e. The Morgan fingerprint density at radius 2 is 0.343 bits per heavy atom. The number of nitrogens with one attached hydrogen (secondary N) is 6. The Balaban J connectivity index is 0.000000295. The first-order valence-electron chi connectivity index (χ1n) is 41.7. The largest absolute Gasteiger partial charge is 0.507 e. The predicted molar refractivity (Wildman–Crippen MR) is 528 cm³/mol. The minimum atomic E-state index is -1.08. The number of aliphatic imine (C=N–C) groups is 8. The van der Waals surface area contributed by atoms with Crippen LogP contribution in [0.4, 0.5) is 58.4 Å². The number of anilines is 10. The van der Waals surface area contributed by atoms with Crippen molar-refractivity contribution in [3.05, 3.63) is 358 Å². The van der Waals surface area contributed by atoms with Crippen molar-refractivity contribution in [1.82, 2.24) is 29.9 Å². The van der Waals surface area contributed by atoms with E-state index in [1.165, 1.54) is 48.5 Å². The summed E-state index contributed by atoms with van der Waals surface area (Å²) in [6.45, 7) is 4.67. The van der Waals surface area contributed by atoms with E-state index in [-0.39, 0.29) is 186 Å². The zero-order chi connectivity index (χ0) is 96.4. The van der Waals surface area contributed by atoms with Crippen LogP contribution in [0, 0.1) is 0 Å². The molecule has 2 aromatic heterocycles. The number of nitrogens with zero attached hydrogens (tertiary/aromatic N) is 14. The molecule has 0 atom stereocenters. The van der Waals surface area contributed by atoms with Gasteiger partial charge in [0.1, 0.15) is 46.0 Å². The van der Waals surface area contributed by atoms with Crippen LogP contribution in [0.3, 0.4) is 0 Å². The van der Waals surface area contributed by atoms with Crippen LogP contribution in [0.25, 0.3) is 0 Å². The average molecular weight is 2040 g/mol. The van der Waals surface area contributed by atoms with Gasteiger partial charge in [0.05, 0.1) is 74.6 Å². The first-order valence-corrected chi connectivity index (χ1v) is 41.7. The molecule has 14 aromatic rings. The summed E-state index contributed by atoms with van der Waals surface area (Å²) >= 11 is 0. The quantitative estimate of drug-likeness (QED) is 0.0127. The van der Waals surface area contributed by atoms with Gasteiger partial charge >= 0.3 is 23.9 Å². The second-order valence-electron chi connectivity index (χ2n) is 28.2. The van der Waals surface area contributed by atoms with Gasteiger partial charge in [-0.1, -0.05) is 97.1 Å². The van der Waals surface area contributed by atoms with Crippen molar-refractivity contribution in [2.45, 2.75) is 0 Å². The third-order valence-corrected chi connectivity index (χ3v) is 18.3. The second kappa shape index (κ2) is 61.3. The van der Waals surface area contributed by atoms with E-state index in [0.717, 1.165) is 0 Å². The SMILES string of the molecule is O=C(O)c1ccc(Nc2nc(NCCNc3nc(Nc4ccc(C(=O)O)cc4)nc(Nc4ccc(C(=O)O)cc4)n3)nc(Nc3ccc(C(=O)O)cc3)n2)cc1.Oc1ccccc1C=NCCN=Cc1ccccc1O.Oc1ccccc1C=NCCN=Cc1ccccc1O.Oc1ccccc1C=NCCN=Cc1ccccc1O.Oc1ccccc1C=NCCN=Cc1ccccc1O.[Cr].[Cr].[Cr].[Cr]. The maximum atomic E-state index is 11.3. The van der Waals surface area contributed by atoms with E-state index in [1.54, 1.807) is 244 Å². The Morgan fingerprint density at radius 1 is 0.207 bits per heavy atom. The number of phenols is 8. The van der Waals surface area contributed by atoms with Crippen LogP contribution in [0.1, 0.15) is 85.9 Å². The van der Waals surface area contributed by atoms with Crippen LogP contribution in [0.15, 0.2) is 331 Å². The zero-order valence-electron chi connectivity index (χ0n) is 74.3. The van der Waals surface area contributed by atoms with E-state index in [2.05, 4.69) is 102 Å².